The summed E-state index contributed by atoms with van der Waals surface area (Å²) in [5, 5.41) is 28.1. The number of benzene rings is 1. The van der Waals surface area contributed by atoms with Crippen LogP contribution in [0, 0.1) is 11.3 Å². The number of likely N-dealkylation sites (tertiary alicyclic amines) is 1. The fraction of sp³-hybridized carbons (Fsp3) is 0.455. The molecule has 2 heterocycles. The minimum atomic E-state index is -0.833. The Morgan fingerprint density at radius 3 is 2.59 bits per heavy atom. The van der Waals surface area contributed by atoms with Crippen LogP contribution in [0.2, 0.25) is 0 Å². The fourth-order valence-electron chi connectivity index (χ4n) is 4.75. The van der Waals surface area contributed by atoms with Crippen molar-refractivity contribution >= 4 is 5.97 Å². The Morgan fingerprint density at radius 2 is 1.97 bits per heavy atom. The lowest BCUT2D eigenvalue weighted by atomic mass is 9.95. The van der Waals surface area contributed by atoms with Gasteiger partial charge in [0.1, 0.15) is 0 Å². The summed E-state index contributed by atoms with van der Waals surface area (Å²) in [7, 11) is 1.63. The van der Waals surface area contributed by atoms with Gasteiger partial charge in [0, 0.05) is 50.3 Å². The molecule has 4 rings (SSSR count). The normalized spacial score (nSPS) is 27.9. The SMILES string of the molecule is CC(=O)O.COc1ncccc1CN1C[C@H](O)[C@@]2(C1)[C@H](CO)[C@H]2c1ccccc1. The zero-order valence-corrected chi connectivity index (χ0v) is 16.7. The number of ether oxygens (including phenoxy) is 1. The molecule has 1 spiro atoms. The quantitative estimate of drug-likeness (QED) is 0.703. The van der Waals surface area contributed by atoms with Gasteiger partial charge in [-0.2, -0.15) is 0 Å². The first-order chi connectivity index (χ1) is 13.9. The van der Waals surface area contributed by atoms with Crippen molar-refractivity contribution in [3.63, 3.8) is 0 Å². The Morgan fingerprint density at radius 1 is 1.28 bits per heavy atom. The predicted molar refractivity (Wildman–Crippen MR) is 108 cm³/mol. The van der Waals surface area contributed by atoms with Gasteiger partial charge >= 0.3 is 0 Å². The molecule has 3 N–H and O–H groups in total. The lowest BCUT2D eigenvalue weighted by Gasteiger charge is -2.17. The number of aliphatic hydroxyl groups is 2. The van der Waals surface area contributed by atoms with Crippen molar-refractivity contribution in [1.29, 1.82) is 0 Å². The summed E-state index contributed by atoms with van der Waals surface area (Å²) >= 11 is 0. The number of aliphatic carboxylic acids is 1. The number of carboxylic acids is 1. The van der Waals surface area contributed by atoms with Gasteiger partial charge in [0.05, 0.1) is 13.2 Å². The molecule has 0 amide bonds. The molecule has 4 atom stereocenters. The Bertz CT molecular complexity index is 827. The molecule has 1 aromatic carbocycles. The number of rotatable bonds is 5. The number of β-amino-alcohol motifs (C(OH)–C–C–N with tert-alkyl or cyclic N) is 1. The maximum absolute atomic E-state index is 10.8. The standard InChI is InChI=1S/C20H24N2O3.C2H4O2/c1-25-19-15(8-5-9-21-19)10-22-11-17(24)20(13-22)16(12-23)18(20)14-6-3-2-4-7-14;1-2(3)4/h2-9,16-18,23-24H,10-13H2,1H3;1H3,(H,3,4)/t16-,17+,18-,20-;/m1./s1. The van der Waals surface area contributed by atoms with Gasteiger partial charge in [-0.15, -0.1) is 0 Å². The van der Waals surface area contributed by atoms with E-state index in [1.54, 1.807) is 13.3 Å². The number of hydrogen-bond acceptors (Lipinski definition) is 6. The van der Waals surface area contributed by atoms with Crippen molar-refractivity contribution in [2.45, 2.75) is 25.5 Å². The monoisotopic (exact) mass is 400 g/mol. The molecule has 1 aromatic heterocycles. The van der Waals surface area contributed by atoms with E-state index in [-0.39, 0.29) is 23.9 Å². The smallest absolute Gasteiger partial charge is 0.300 e. The lowest BCUT2D eigenvalue weighted by Crippen LogP contribution is -2.23. The summed E-state index contributed by atoms with van der Waals surface area (Å²) in [6.07, 6.45) is 1.29. The van der Waals surface area contributed by atoms with Gasteiger partial charge in [-0.3, -0.25) is 9.69 Å². The van der Waals surface area contributed by atoms with Crippen LogP contribution < -0.4 is 4.74 Å². The summed E-state index contributed by atoms with van der Waals surface area (Å²) in [6, 6.07) is 14.2. The highest BCUT2D eigenvalue weighted by molar-refractivity contribution is 5.62. The predicted octanol–water partition coefficient (Wildman–Crippen LogP) is 1.75. The zero-order chi connectivity index (χ0) is 21.0. The number of methoxy groups -OCH3 is 1. The highest BCUT2D eigenvalue weighted by Crippen LogP contribution is 2.68. The Hall–Kier alpha value is -2.48. The summed E-state index contributed by atoms with van der Waals surface area (Å²) in [5.41, 5.74) is 1.99. The summed E-state index contributed by atoms with van der Waals surface area (Å²) in [4.78, 5) is 15.5. The molecule has 2 aromatic rings. The second-order valence-corrected chi connectivity index (χ2v) is 7.67. The van der Waals surface area contributed by atoms with Crippen LogP contribution in [0.4, 0.5) is 0 Å². The van der Waals surface area contributed by atoms with Crippen molar-refractivity contribution in [3.05, 3.63) is 59.8 Å². The van der Waals surface area contributed by atoms with Crippen LogP contribution in [-0.4, -0.2) is 64.1 Å². The van der Waals surface area contributed by atoms with E-state index in [0.717, 1.165) is 19.0 Å². The molecule has 1 aliphatic heterocycles. The highest BCUT2D eigenvalue weighted by atomic mass is 16.5. The topological polar surface area (TPSA) is 103 Å². The largest absolute Gasteiger partial charge is 0.481 e. The van der Waals surface area contributed by atoms with E-state index in [4.69, 9.17) is 14.6 Å². The average molecular weight is 400 g/mol. The zero-order valence-electron chi connectivity index (χ0n) is 16.7. The minimum absolute atomic E-state index is 0.112. The van der Waals surface area contributed by atoms with Gasteiger partial charge in [-0.25, -0.2) is 4.98 Å². The van der Waals surface area contributed by atoms with Gasteiger partial charge in [-0.05, 0) is 23.5 Å². The third-order valence-electron chi connectivity index (χ3n) is 5.90. The first kappa shape index (κ1) is 21.2. The van der Waals surface area contributed by atoms with E-state index in [2.05, 4.69) is 22.0 Å². The van der Waals surface area contributed by atoms with Gasteiger partial charge in [0.25, 0.3) is 5.97 Å². The first-order valence-corrected chi connectivity index (χ1v) is 9.67. The summed E-state index contributed by atoms with van der Waals surface area (Å²) in [6.45, 7) is 3.27. The summed E-state index contributed by atoms with van der Waals surface area (Å²) < 4.78 is 5.34. The Labute approximate surface area is 170 Å². The van der Waals surface area contributed by atoms with Crippen LogP contribution in [0.1, 0.15) is 24.0 Å². The maximum Gasteiger partial charge on any atom is 0.300 e. The molecule has 7 nitrogen and oxygen atoms in total. The molecule has 1 saturated heterocycles. The maximum atomic E-state index is 10.8. The van der Waals surface area contributed by atoms with Crippen molar-refractivity contribution in [3.8, 4) is 5.88 Å². The molecule has 0 unspecified atom stereocenters. The number of pyridine rings is 1. The van der Waals surface area contributed by atoms with E-state index in [0.29, 0.717) is 19.0 Å². The van der Waals surface area contributed by atoms with E-state index >= 15 is 0 Å². The molecule has 0 radical (unpaired) electrons. The second-order valence-electron chi connectivity index (χ2n) is 7.67. The van der Waals surface area contributed by atoms with Crippen molar-refractivity contribution in [1.82, 2.24) is 9.88 Å². The molecule has 156 valence electrons. The van der Waals surface area contributed by atoms with Crippen LogP contribution in [0.15, 0.2) is 48.7 Å². The van der Waals surface area contributed by atoms with Crippen molar-refractivity contribution < 1.29 is 24.9 Å². The van der Waals surface area contributed by atoms with Crippen LogP contribution in [0.5, 0.6) is 5.88 Å². The molecule has 7 heteroatoms. The molecule has 2 fully saturated rings. The fourth-order valence-corrected chi connectivity index (χ4v) is 4.75. The van der Waals surface area contributed by atoms with Crippen LogP contribution >= 0.6 is 0 Å². The number of aromatic nitrogens is 1. The van der Waals surface area contributed by atoms with Gasteiger partial charge < -0.3 is 20.1 Å². The van der Waals surface area contributed by atoms with E-state index in [9.17, 15) is 10.2 Å². The van der Waals surface area contributed by atoms with Crippen LogP contribution in [0.25, 0.3) is 0 Å². The highest BCUT2D eigenvalue weighted by Gasteiger charge is 2.70. The number of aliphatic hydroxyl groups excluding tert-OH is 2. The Balaban J connectivity index is 0.000000552. The lowest BCUT2D eigenvalue weighted by molar-refractivity contribution is -0.134. The second kappa shape index (κ2) is 8.90. The number of carboxylic acid groups (broad SMARTS) is 1. The van der Waals surface area contributed by atoms with E-state index < -0.39 is 12.1 Å². The number of hydrogen-bond donors (Lipinski definition) is 3. The van der Waals surface area contributed by atoms with Gasteiger partial charge in [0.15, 0.2) is 0 Å². The minimum Gasteiger partial charge on any atom is -0.481 e. The van der Waals surface area contributed by atoms with Crippen molar-refractivity contribution in [2.24, 2.45) is 11.3 Å². The van der Waals surface area contributed by atoms with E-state index in [1.807, 2.05) is 30.3 Å². The molecular weight excluding hydrogens is 372 g/mol. The molecule has 2 aliphatic rings. The van der Waals surface area contributed by atoms with Gasteiger partial charge in [0.2, 0.25) is 5.88 Å². The van der Waals surface area contributed by atoms with Crippen molar-refractivity contribution in [2.75, 3.05) is 26.8 Å². The third-order valence-corrected chi connectivity index (χ3v) is 5.90. The molecule has 29 heavy (non-hydrogen) atoms. The molecule has 1 aliphatic carbocycles. The van der Waals surface area contributed by atoms with E-state index in [1.165, 1.54) is 5.56 Å². The number of carbonyl (C=O) groups is 1. The molecule has 0 bridgehead atoms. The average Bonchev–Trinajstić information content (AvgIpc) is 3.25. The third kappa shape index (κ3) is 4.27. The Kier molecular flexibility index (Phi) is 6.52. The summed E-state index contributed by atoms with van der Waals surface area (Å²) in [5.74, 6) is 0.132. The number of nitrogens with zero attached hydrogens (tertiary/aromatic N) is 2. The molecular formula is C22H28N2O5. The molecule has 1 saturated carbocycles. The van der Waals surface area contributed by atoms with Crippen LogP contribution in [0.3, 0.4) is 0 Å². The van der Waals surface area contributed by atoms with Crippen LogP contribution in [-0.2, 0) is 11.3 Å². The first-order valence-electron chi connectivity index (χ1n) is 9.67. The van der Waals surface area contributed by atoms with Gasteiger partial charge in [-0.1, -0.05) is 36.4 Å².